The zero-order valence-corrected chi connectivity index (χ0v) is 15.0. The molecule has 1 atom stereocenters. The van der Waals surface area contributed by atoms with E-state index in [0.717, 1.165) is 0 Å². The van der Waals surface area contributed by atoms with Gasteiger partial charge in [0.05, 0.1) is 11.5 Å². The van der Waals surface area contributed by atoms with Crippen LogP contribution in [0.1, 0.15) is 27.2 Å². The van der Waals surface area contributed by atoms with E-state index in [1.165, 1.54) is 24.3 Å². The van der Waals surface area contributed by atoms with Crippen LogP contribution in [-0.4, -0.2) is 47.4 Å². The predicted molar refractivity (Wildman–Crippen MR) is 91.0 cm³/mol. The Labute approximate surface area is 151 Å². The van der Waals surface area contributed by atoms with Gasteiger partial charge in [-0.05, 0) is 39.3 Å². The summed E-state index contributed by atoms with van der Waals surface area (Å²) in [4.78, 5) is 35.3. The second-order valence-corrected chi connectivity index (χ2v) is 7.00. The molecule has 142 valence electrons. The first-order valence-electron chi connectivity index (χ1n) is 8.21. The minimum absolute atomic E-state index is 0.00642. The summed E-state index contributed by atoms with van der Waals surface area (Å²) in [5.41, 5.74) is -0.654. The van der Waals surface area contributed by atoms with E-state index in [9.17, 15) is 19.7 Å². The summed E-state index contributed by atoms with van der Waals surface area (Å²) in [5, 5.41) is 10.6. The number of nitro benzene ring substituents is 1. The monoisotopic (exact) mass is 366 g/mol. The van der Waals surface area contributed by atoms with Gasteiger partial charge in [-0.15, -0.1) is 0 Å². The number of amides is 1. The molecular formula is C17H22N2O7. The number of nitrogens with zero attached hydrogens (tertiary/aromatic N) is 2. The zero-order chi connectivity index (χ0) is 19.3. The number of hydrogen-bond donors (Lipinski definition) is 0. The molecular weight excluding hydrogens is 344 g/mol. The molecule has 1 aliphatic heterocycles. The van der Waals surface area contributed by atoms with Crippen molar-refractivity contribution in [1.29, 1.82) is 0 Å². The molecule has 2 rings (SSSR count). The highest BCUT2D eigenvalue weighted by atomic mass is 16.7. The SMILES string of the molecule is CC(C)(C)OC(=O)N1CC[C@@H](COC(=O)Oc2ccc([N+](=O)[O-])cc2)C1. The molecule has 1 aromatic carbocycles. The van der Waals surface area contributed by atoms with Crippen LogP contribution in [-0.2, 0) is 9.47 Å². The second-order valence-electron chi connectivity index (χ2n) is 7.00. The summed E-state index contributed by atoms with van der Waals surface area (Å²) >= 11 is 0. The van der Waals surface area contributed by atoms with E-state index < -0.39 is 16.7 Å². The van der Waals surface area contributed by atoms with Crippen LogP contribution < -0.4 is 4.74 Å². The van der Waals surface area contributed by atoms with E-state index in [4.69, 9.17) is 14.2 Å². The molecule has 0 unspecified atom stereocenters. The van der Waals surface area contributed by atoms with Gasteiger partial charge in [0.25, 0.3) is 5.69 Å². The summed E-state index contributed by atoms with van der Waals surface area (Å²) in [7, 11) is 0. The number of likely N-dealkylation sites (tertiary alicyclic amines) is 1. The third-order valence-corrected chi connectivity index (χ3v) is 3.62. The fraction of sp³-hybridized carbons (Fsp3) is 0.529. The van der Waals surface area contributed by atoms with Gasteiger partial charge in [0.15, 0.2) is 0 Å². The van der Waals surface area contributed by atoms with Gasteiger partial charge >= 0.3 is 12.2 Å². The van der Waals surface area contributed by atoms with Crippen LogP contribution in [0.25, 0.3) is 0 Å². The van der Waals surface area contributed by atoms with Crippen molar-refractivity contribution >= 4 is 17.9 Å². The van der Waals surface area contributed by atoms with Gasteiger partial charge in [-0.1, -0.05) is 0 Å². The van der Waals surface area contributed by atoms with Gasteiger partial charge in [-0.3, -0.25) is 10.1 Å². The van der Waals surface area contributed by atoms with Crippen molar-refractivity contribution in [3.63, 3.8) is 0 Å². The van der Waals surface area contributed by atoms with E-state index in [0.29, 0.717) is 19.5 Å². The Morgan fingerprint density at radius 3 is 2.50 bits per heavy atom. The fourth-order valence-electron chi connectivity index (χ4n) is 2.41. The highest BCUT2D eigenvalue weighted by Crippen LogP contribution is 2.21. The average Bonchev–Trinajstić information content (AvgIpc) is 3.01. The molecule has 0 N–H and O–H groups in total. The normalized spacial score (nSPS) is 16.9. The Bertz CT molecular complexity index is 667. The highest BCUT2D eigenvalue weighted by Gasteiger charge is 2.30. The van der Waals surface area contributed by atoms with Gasteiger partial charge in [0.2, 0.25) is 0 Å². The Morgan fingerprint density at radius 2 is 1.92 bits per heavy atom. The second kappa shape index (κ2) is 8.03. The summed E-state index contributed by atoms with van der Waals surface area (Å²) in [6.07, 6.45) is -0.577. The lowest BCUT2D eigenvalue weighted by Crippen LogP contribution is -2.35. The third-order valence-electron chi connectivity index (χ3n) is 3.62. The van der Waals surface area contributed by atoms with Crippen molar-refractivity contribution < 1.29 is 28.7 Å². The molecule has 1 fully saturated rings. The topological polar surface area (TPSA) is 108 Å². The Balaban J connectivity index is 1.74. The summed E-state index contributed by atoms with van der Waals surface area (Å²) < 4.78 is 15.3. The van der Waals surface area contributed by atoms with Crippen LogP contribution in [0.5, 0.6) is 5.75 Å². The van der Waals surface area contributed by atoms with Crippen molar-refractivity contribution in [1.82, 2.24) is 4.90 Å². The van der Waals surface area contributed by atoms with Gasteiger partial charge in [0.1, 0.15) is 11.4 Å². The summed E-state index contributed by atoms with van der Waals surface area (Å²) in [6, 6.07) is 5.11. The Morgan fingerprint density at radius 1 is 1.27 bits per heavy atom. The van der Waals surface area contributed by atoms with Crippen molar-refractivity contribution in [2.24, 2.45) is 5.92 Å². The first-order valence-corrected chi connectivity index (χ1v) is 8.21. The number of carbonyl (C=O) groups excluding carboxylic acids is 2. The number of hydrogen-bond acceptors (Lipinski definition) is 7. The highest BCUT2D eigenvalue weighted by molar-refractivity contribution is 5.68. The molecule has 1 aromatic rings. The fourth-order valence-corrected chi connectivity index (χ4v) is 2.41. The first-order chi connectivity index (χ1) is 12.1. The van der Waals surface area contributed by atoms with E-state index in [1.54, 1.807) is 25.7 Å². The maximum absolute atomic E-state index is 12.0. The Kier molecular flexibility index (Phi) is 6.01. The molecule has 1 heterocycles. The maximum atomic E-state index is 12.0. The van der Waals surface area contributed by atoms with Crippen LogP contribution in [0.4, 0.5) is 15.3 Å². The molecule has 1 aliphatic rings. The van der Waals surface area contributed by atoms with Crippen molar-refractivity contribution in [3.8, 4) is 5.75 Å². The van der Waals surface area contributed by atoms with Crippen LogP contribution >= 0.6 is 0 Å². The third kappa shape index (κ3) is 5.91. The number of ether oxygens (including phenoxy) is 3. The van der Waals surface area contributed by atoms with Crippen molar-refractivity contribution in [3.05, 3.63) is 34.4 Å². The molecule has 0 spiro atoms. The van der Waals surface area contributed by atoms with Crippen LogP contribution in [0.3, 0.4) is 0 Å². The first kappa shape index (κ1) is 19.5. The Hall–Kier alpha value is -2.84. The van der Waals surface area contributed by atoms with E-state index in [1.807, 2.05) is 0 Å². The molecule has 0 aliphatic carbocycles. The molecule has 0 radical (unpaired) electrons. The van der Waals surface area contributed by atoms with Crippen molar-refractivity contribution in [2.75, 3.05) is 19.7 Å². The van der Waals surface area contributed by atoms with E-state index in [-0.39, 0.29) is 30.1 Å². The zero-order valence-electron chi connectivity index (χ0n) is 15.0. The van der Waals surface area contributed by atoms with Gasteiger partial charge < -0.3 is 19.1 Å². The summed E-state index contributed by atoms with van der Waals surface area (Å²) in [5.74, 6) is 0.161. The number of nitro groups is 1. The molecule has 26 heavy (non-hydrogen) atoms. The molecule has 0 saturated carbocycles. The molecule has 1 saturated heterocycles. The molecule has 1 amide bonds. The largest absolute Gasteiger partial charge is 0.513 e. The summed E-state index contributed by atoms with van der Waals surface area (Å²) in [6.45, 7) is 6.51. The van der Waals surface area contributed by atoms with Gasteiger partial charge in [-0.2, -0.15) is 0 Å². The van der Waals surface area contributed by atoms with E-state index in [2.05, 4.69) is 0 Å². The minimum atomic E-state index is -0.894. The van der Waals surface area contributed by atoms with Crippen LogP contribution in [0.15, 0.2) is 24.3 Å². The molecule has 9 nitrogen and oxygen atoms in total. The van der Waals surface area contributed by atoms with Gasteiger partial charge in [0, 0.05) is 31.1 Å². The average molecular weight is 366 g/mol. The minimum Gasteiger partial charge on any atom is -0.444 e. The lowest BCUT2D eigenvalue weighted by atomic mass is 10.1. The standard InChI is InChI=1S/C17H22N2O7/c1-17(2,3)26-15(20)18-9-8-12(10-18)11-24-16(21)25-14-6-4-13(5-7-14)19(22)23/h4-7,12H,8-11H2,1-3H3/t12-/m1/s1. The van der Waals surface area contributed by atoms with Crippen LogP contribution in [0.2, 0.25) is 0 Å². The van der Waals surface area contributed by atoms with Crippen LogP contribution in [0, 0.1) is 16.0 Å². The molecule has 9 heteroatoms. The number of benzene rings is 1. The quantitative estimate of drug-likeness (QED) is 0.348. The number of non-ortho nitro benzene ring substituents is 1. The predicted octanol–water partition coefficient (Wildman–Crippen LogP) is 3.37. The van der Waals surface area contributed by atoms with Gasteiger partial charge in [-0.25, -0.2) is 9.59 Å². The number of carbonyl (C=O) groups is 2. The van der Waals surface area contributed by atoms with E-state index >= 15 is 0 Å². The molecule has 0 aromatic heterocycles. The van der Waals surface area contributed by atoms with Crippen molar-refractivity contribution in [2.45, 2.75) is 32.8 Å². The smallest absolute Gasteiger partial charge is 0.444 e. The maximum Gasteiger partial charge on any atom is 0.513 e. The molecule has 0 bridgehead atoms. The lowest BCUT2D eigenvalue weighted by Gasteiger charge is -2.24. The lowest BCUT2D eigenvalue weighted by molar-refractivity contribution is -0.384. The number of rotatable bonds is 4.